The second kappa shape index (κ2) is 9.34. The Hall–Kier alpha value is -1.91. The van der Waals surface area contributed by atoms with Crippen molar-refractivity contribution in [2.45, 2.75) is 36.5 Å². The molecule has 1 saturated heterocycles. The van der Waals surface area contributed by atoms with Crippen LogP contribution in [-0.2, 0) is 16.1 Å². The Labute approximate surface area is 166 Å². The van der Waals surface area contributed by atoms with E-state index in [0.717, 1.165) is 18.5 Å². The molecule has 0 bridgehead atoms. The second-order valence-electron chi connectivity index (χ2n) is 6.73. The van der Waals surface area contributed by atoms with E-state index in [1.165, 1.54) is 10.0 Å². The Morgan fingerprint density at radius 1 is 1.04 bits per heavy atom. The van der Waals surface area contributed by atoms with Gasteiger partial charge in [0, 0.05) is 0 Å². The van der Waals surface area contributed by atoms with Crippen molar-refractivity contribution in [1.82, 2.24) is 9.97 Å². The molecule has 2 aromatic carbocycles. The molecule has 1 aromatic heterocycles. The van der Waals surface area contributed by atoms with E-state index >= 15 is 0 Å². The standard InChI is InChI=1S/C22H24N2O2Se/c1-3-7-17(8-4-1)14-25-15-18-11-12-21(27-19-9-5-2-6-10-19)22(26-18)20-13-23-16-24-20/h1-10,13,16,18,21-22H,11-12,14-15H2,(H,23,24)/t18-,21?,22?/m1/s1. The molecule has 1 aliphatic heterocycles. The van der Waals surface area contributed by atoms with E-state index in [-0.39, 0.29) is 12.2 Å². The van der Waals surface area contributed by atoms with Gasteiger partial charge in [0.2, 0.25) is 0 Å². The number of aromatic amines is 1. The number of ether oxygens (including phenoxy) is 2. The van der Waals surface area contributed by atoms with Crippen LogP contribution in [0.25, 0.3) is 0 Å². The summed E-state index contributed by atoms with van der Waals surface area (Å²) in [6.07, 6.45) is 6.01. The number of nitrogens with one attached hydrogen (secondary N) is 1. The van der Waals surface area contributed by atoms with Crippen molar-refractivity contribution >= 4 is 19.4 Å². The number of rotatable bonds is 7. The van der Waals surface area contributed by atoms with E-state index in [9.17, 15) is 0 Å². The Kier molecular flexibility index (Phi) is 6.38. The molecule has 0 spiro atoms. The fourth-order valence-corrected chi connectivity index (χ4v) is 5.99. The van der Waals surface area contributed by atoms with Gasteiger partial charge in [-0.1, -0.05) is 0 Å². The summed E-state index contributed by atoms with van der Waals surface area (Å²) in [5.41, 5.74) is 2.27. The van der Waals surface area contributed by atoms with Gasteiger partial charge in [0.05, 0.1) is 0 Å². The molecule has 1 aliphatic rings. The third kappa shape index (κ3) is 5.08. The van der Waals surface area contributed by atoms with E-state index in [1.54, 1.807) is 6.33 Å². The van der Waals surface area contributed by atoms with Crippen LogP contribution in [0.4, 0.5) is 0 Å². The van der Waals surface area contributed by atoms with E-state index in [1.807, 2.05) is 24.4 Å². The number of aromatic nitrogens is 2. The fraction of sp³-hybridized carbons (Fsp3) is 0.318. The van der Waals surface area contributed by atoms with Crippen molar-refractivity contribution in [3.63, 3.8) is 0 Å². The number of hydrogen-bond acceptors (Lipinski definition) is 3. The number of nitrogens with zero attached hydrogens (tertiary/aromatic N) is 1. The van der Waals surface area contributed by atoms with Crippen LogP contribution >= 0.6 is 0 Å². The van der Waals surface area contributed by atoms with Crippen LogP contribution in [0.3, 0.4) is 0 Å². The van der Waals surface area contributed by atoms with E-state index in [4.69, 9.17) is 9.47 Å². The summed E-state index contributed by atoms with van der Waals surface area (Å²) < 4.78 is 13.8. The SMILES string of the molecule is c1ccc(COC[C@H]2CCC([Se]c3ccccc3)C(c3cnc[nH]3)O2)cc1. The third-order valence-electron chi connectivity index (χ3n) is 4.72. The number of benzene rings is 2. The molecule has 1 N–H and O–H groups in total. The summed E-state index contributed by atoms with van der Waals surface area (Å²) in [4.78, 5) is 7.97. The van der Waals surface area contributed by atoms with Crippen molar-refractivity contribution in [1.29, 1.82) is 0 Å². The number of H-pyrrole nitrogens is 1. The van der Waals surface area contributed by atoms with Crippen molar-refractivity contribution < 1.29 is 9.47 Å². The van der Waals surface area contributed by atoms with Crippen LogP contribution in [0.15, 0.2) is 73.2 Å². The maximum absolute atomic E-state index is 6.47. The van der Waals surface area contributed by atoms with Crippen molar-refractivity contribution in [3.8, 4) is 0 Å². The molecule has 140 valence electrons. The van der Waals surface area contributed by atoms with Gasteiger partial charge in [-0.25, -0.2) is 0 Å². The van der Waals surface area contributed by atoms with Crippen LogP contribution < -0.4 is 4.46 Å². The fourth-order valence-electron chi connectivity index (χ4n) is 3.36. The second-order valence-corrected chi connectivity index (χ2v) is 9.49. The first-order valence-corrected chi connectivity index (χ1v) is 11.2. The molecule has 4 rings (SSSR count). The van der Waals surface area contributed by atoms with E-state index in [2.05, 4.69) is 52.4 Å². The molecule has 1 fully saturated rings. The summed E-state index contributed by atoms with van der Waals surface area (Å²) in [6, 6.07) is 21.0. The zero-order valence-corrected chi connectivity index (χ0v) is 16.9. The Balaban J connectivity index is 1.37. The normalized spacial score (nSPS) is 22.6. The van der Waals surface area contributed by atoms with Gasteiger partial charge in [0.15, 0.2) is 0 Å². The molecular formula is C22H24N2O2Se. The molecule has 0 radical (unpaired) electrons. The minimum absolute atomic E-state index is 0.0618. The molecule has 2 heterocycles. The molecule has 27 heavy (non-hydrogen) atoms. The van der Waals surface area contributed by atoms with Gasteiger partial charge < -0.3 is 0 Å². The first-order chi connectivity index (χ1) is 13.4. The monoisotopic (exact) mass is 428 g/mol. The summed E-state index contributed by atoms with van der Waals surface area (Å²) in [6.45, 7) is 1.26. The van der Waals surface area contributed by atoms with Crippen LogP contribution in [0, 0.1) is 0 Å². The molecule has 3 aromatic rings. The number of imidazole rings is 1. The molecule has 3 atom stereocenters. The van der Waals surface area contributed by atoms with Gasteiger partial charge in [0.1, 0.15) is 0 Å². The summed E-state index contributed by atoms with van der Waals surface area (Å²) in [5, 5.41) is 0. The van der Waals surface area contributed by atoms with Crippen molar-refractivity contribution in [2.24, 2.45) is 0 Å². The van der Waals surface area contributed by atoms with Crippen LogP contribution in [0.5, 0.6) is 0 Å². The zero-order valence-electron chi connectivity index (χ0n) is 15.2. The molecule has 5 heteroatoms. The van der Waals surface area contributed by atoms with E-state index < -0.39 is 0 Å². The van der Waals surface area contributed by atoms with Crippen LogP contribution in [-0.4, -0.2) is 37.6 Å². The third-order valence-corrected chi connectivity index (χ3v) is 7.51. The minimum atomic E-state index is 0.0618. The predicted octanol–water partition coefficient (Wildman–Crippen LogP) is 3.66. The molecule has 0 amide bonds. The molecule has 2 unspecified atom stereocenters. The topological polar surface area (TPSA) is 47.1 Å². The Morgan fingerprint density at radius 2 is 1.81 bits per heavy atom. The van der Waals surface area contributed by atoms with Crippen LogP contribution in [0.2, 0.25) is 4.82 Å². The van der Waals surface area contributed by atoms with Gasteiger partial charge in [-0.2, -0.15) is 0 Å². The molecular weight excluding hydrogens is 403 g/mol. The quantitative estimate of drug-likeness (QED) is 0.586. The van der Waals surface area contributed by atoms with E-state index in [0.29, 0.717) is 33.0 Å². The van der Waals surface area contributed by atoms with Gasteiger partial charge in [-0.05, 0) is 0 Å². The van der Waals surface area contributed by atoms with Gasteiger partial charge in [0.25, 0.3) is 0 Å². The Morgan fingerprint density at radius 3 is 2.56 bits per heavy atom. The van der Waals surface area contributed by atoms with Crippen molar-refractivity contribution in [3.05, 3.63) is 84.4 Å². The number of hydrogen-bond donors (Lipinski definition) is 1. The summed E-state index contributed by atoms with van der Waals surface area (Å²) >= 11 is 0.368. The zero-order chi connectivity index (χ0) is 18.3. The Bertz CT molecular complexity index is 796. The van der Waals surface area contributed by atoms with Gasteiger partial charge in [-0.15, -0.1) is 0 Å². The maximum atomic E-state index is 6.47. The van der Waals surface area contributed by atoms with Gasteiger partial charge >= 0.3 is 166 Å². The average Bonchev–Trinajstić information content (AvgIpc) is 3.25. The summed E-state index contributed by atoms with van der Waals surface area (Å²) in [7, 11) is 0. The molecule has 4 nitrogen and oxygen atoms in total. The first kappa shape index (κ1) is 18.5. The summed E-state index contributed by atoms with van der Waals surface area (Å²) in [5.74, 6) is 0. The van der Waals surface area contributed by atoms with Gasteiger partial charge in [-0.3, -0.25) is 0 Å². The molecule has 0 saturated carbocycles. The molecule has 0 aliphatic carbocycles. The van der Waals surface area contributed by atoms with Crippen LogP contribution in [0.1, 0.15) is 30.2 Å². The predicted molar refractivity (Wildman–Crippen MR) is 107 cm³/mol. The first-order valence-electron chi connectivity index (χ1n) is 9.35. The average molecular weight is 427 g/mol. The van der Waals surface area contributed by atoms with Crippen molar-refractivity contribution in [2.75, 3.05) is 6.61 Å².